The van der Waals surface area contributed by atoms with Crippen LogP contribution in [0.4, 0.5) is 0 Å². The van der Waals surface area contributed by atoms with Crippen LogP contribution in [0.2, 0.25) is 0 Å². The summed E-state index contributed by atoms with van der Waals surface area (Å²) in [6.45, 7) is 18.1. The van der Waals surface area contributed by atoms with Gasteiger partial charge in [0, 0.05) is 11.8 Å². The summed E-state index contributed by atoms with van der Waals surface area (Å²) in [5.41, 5.74) is 3.14. The number of carbonyl (C=O) groups is 2. The predicted molar refractivity (Wildman–Crippen MR) is 128 cm³/mol. The van der Waals surface area contributed by atoms with E-state index in [1.165, 1.54) is 25.7 Å². The first-order valence-corrected chi connectivity index (χ1v) is 12.7. The van der Waals surface area contributed by atoms with Crippen LogP contribution in [-0.4, -0.2) is 11.6 Å². The SMILES string of the molecule is C/C=C1\C[C@]2(C)[C@@H]3CC[C@]4(C)[C@@H]([C@H](C)CC(C)=O)CC[C@@]4(C)C3=CC[C@H]2C(C)(C)C1=O. The van der Waals surface area contributed by atoms with Gasteiger partial charge in [0.2, 0.25) is 0 Å². The van der Waals surface area contributed by atoms with Gasteiger partial charge in [0.05, 0.1) is 0 Å². The summed E-state index contributed by atoms with van der Waals surface area (Å²) in [7, 11) is 0. The molecule has 0 aromatic carbocycles. The van der Waals surface area contributed by atoms with E-state index in [4.69, 9.17) is 0 Å². The third-order valence-corrected chi connectivity index (χ3v) is 11.1. The van der Waals surface area contributed by atoms with Crippen molar-refractivity contribution in [3.05, 3.63) is 23.3 Å². The van der Waals surface area contributed by atoms with Gasteiger partial charge in [-0.25, -0.2) is 0 Å². The molecule has 0 bridgehead atoms. The van der Waals surface area contributed by atoms with E-state index in [0.29, 0.717) is 35.2 Å². The maximum Gasteiger partial charge on any atom is 0.164 e. The third kappa shape index (κ3) is 2.95. The molecule has 2 heteroatoms. The molecular weight excluding hydrogens is 380 g/mol. The summed E-state index contributed by atoms with van der Waals surface area (Å²) in [6, 6.07) is 0. The van der Waals surface area contributed by atoms with Gasteiger partial charge in [-0.1, -0.05) is 59.3 Å². The molecule has 0 aromatic rings. The lowest BCUT2D eigenvalue weighted by atomic mass is 9.40. The van der Waals surface area contributed by atoms with Crippen LogP contribution < -0.4 is 0 Å². The Labute approximate surface area is 190 Å². The zero-order valence-electron chi connectivity index (χ0n) is 21.2. The number of allylic oxidation sites excluding steroid dienone is 4. The first-order valence-electron chi connectivity index (χ1n) is 12.7. The highest BCUT2D eigenvalue weighted by Gasteiger charge is 2.65. The summed E-state index contributed by atoms with van der Waals surface area (Å²) >= 11 is 0. The van der Waals surface area contributed by atoms with Gasteiger partial charge in [-0.05, 0) is 97.9 Å². The molecule has 0 aromatic heterocycles. The first kappa shape index (κ1) is 23.0. The fourth-order valence-electron chi connectivity index (χ4n) is 9.36. The van der Waals surface area contributed by atoms with E-state index >= 15 is 0 Å². The van der Waals surface area contributed by atoms with Crippen LogP contribution >= 0.6 is 0 Å². The molecule has 0 saturated heterocycles. The van der Waals surface area contributed by atoms with Gasteiger partial charge in [0.15, 0.2) is 5.78 Å². The van der Waals surface area contributed by atoms with Crippen molar-refractivity contribution in [2.24, 2.45) is 45.3 Å². The number of hydrogen-bond acceptors (Lipinski definition) is 2. The second kappa shape index (κ2) is 7.16. The molecule has 0 aliphatic heterocycles. The van der Waals surface area contributed by atoms with Crippen molar-refractivity contribution in [1.29, 1.82) is 0 Å². The van der Waals surface area contributed by atoms with Crippen molar-refractivity contribution >= 4 is 11.6 Å². The van der Waals surface area contributed by atoms with E-state index in [9.17, 15) is 9.59 Å². The van der Waals surface area contributed by atoms with E-state index in [-0.39, 0.29) is 21.7 Å². The molecule has 0 radical (unpaired) electrons. The van der Waals surface area contributed by atoms with Gasteiger partial charge in [-0.3, -0.25) is 4.79 Å². The van der Waals surface area contributed by atoms with Crippen LogP contribution in [-0.2, 0) is 9.59 Å². The van der Waals surface area contributed by atoms with E-state index in [0.717, 1.165) is 24.8 Å². The molecule has 4 aliphatic rings. The summed E-state index contributed by atoms with van der Waals surface area (Å²) in [5, 5.41) is 0. The third-order valence-electron chi connectivity index (χ3n) is 11.1. The predicted octanol–water partition coefficient (Wildman–Crippen LogP) is 7.33. The Morgan fingerprint density at radius 3 is 2.45 bits per heavy atom. The second-order valence-electron chi connectivity index (χ2n) is 12.9. The summed E-state index contributed by atoms with van der Waals surface area (Å²) < 4.78 is 0. The van der Waals surface area contributed by atoms with E-state index in [2.05, 4.69) is 53.7 Å². The lowest BCUT2D eigenvalue weighted by molar-refractivity contribution is -0.138. The van der Waals surface area contributed by atoms with Gasteiger partial charge in [0.1, 0.15) is 5.78 Å². The Balaban J connectivity index is 1.74. The number of rotatable bonds is 3. The fourth-order valence-corrected chi connectivity index (χ4v) is 9.36. The Hall–Kier alpha value is -1.18. The molecule has 31 heavy (non-hydrogen) atoms. The van der Waals surface area contributed by atoms with Crippen LogP contribution in [0.25, 0.3) is 0 Å². The van der Waals surface area contributed by atoms with Crippen LogP contribution in [0, 0.1) is 45.3 Å². The molecule has 7 atom stereocenters. The minimum atomic E-state index is -0.285. The molecule has 0 heterocycles. The summed E-state index contributed by atoms with van der Waals surface area (Å²) in [5.74, 6) is 2.80. The van der Waals surface area contributed by atoms with Crippen molar-refractivity contribution in [3.8, 4) is 0 Å². The molecule has 0 N–H and O–H groups in total. The van der Waals surface area contributed by atoms with Gasteiger partial charge in [0.25, 0.3) is 0 Å². The average Bonchev–Trinajstić information content (AvgIpc) is 2.96. The highest BCUT2D eigenvalue weighted by Crippen LogP contribution is 2.73. The second-order valence-corrected chi connectivity index (χ2v) is 12.9. The van der Waals surface area contributed by atoms with Crippen molar-refractivity contribution in [2.45, 2.75) is 100 Å². The van der Waals surface area contributed by atoms with Crippen molar-refractivity contribution in [1.82, 2.24) is 0 Å². The van der Waals surface area contributed by atoms with Crippen molar-refractivity contribution in [2.75, 3.05) is 0 Å². The largest absolute Gasteiger partial charge is 0.300 e. The molecule has 3 saturated carbocycles. The van der Waals surface area contributed by atoms with E-state index in [1.807, 2.05) is 6.92 Å². The highest BCUT2D eigenvalue weighted by atomic mass is 16.1. The number of ketones is 2. The highest BCUT2D eigenvalue weighted by molar-refractivity contribution is 6.00. The Morgan fingerprint density at radius 2 is 1.84 bits per heavy atom. The molecule has 4 rings (SSSR count). The molecular formula is C29H44O2. The molecule has 0 unspecified atom stereocenters. The topological polar surface area (TPSA) is 34.1 Å². The van der Waals surface area contributed by atoms with E-state index < -0.39 is 0 Å². The van der Waals surface area contributed by atoms with E-state index in [1.54, 1.807) is 12.5 Å². The van der Waals surface area contributed by atoms with Crippen LogP contribution in [0.1, 0.15) is 100 Å². The molecule has 0 amide bonds. The zero-order chi connectivity index (χ0) is 23.0. The monoisotopic (exact) mass is 424 g/mol. The summed E-state index contributed by atoms with van der Waals surface area (Å²) in [4.78, 5) is 25.1. The zero-order valence-corrected chi connectivity index (χ0v) is 21.2. The maximum absolute atomic E-state index is 13.2. The number of hydrogen-bond donors (Lipinski definition) is 0. The lowest BCUT2D eigenvalue weighted by Crippen LogP contribution is -2.57. The molecule has 4 aliphatic carbocycles. The minimum absolute atomic E-state index is 0.163. The maximum atomic E-state index is 13.2. The smallest absolute Gasteiger partial charge is 0.164 e. The van der Waals surface area contributed by atoms with Gasteiger partial charge < -0.3 is 4.79 Å². The quantitative estimate of drug-likeness (QED) is 0.351. The van der Waals surface area contributed by atoms with Crippen LogP contribution in [0.5, 0.6) is 0 Å². The summed E-state index contributed by atoms with van der Waals surface area (Å²) in [6.07, 6.45) is 12.4. The molecule has 2 nitrogen and oxygen atoms in total. The fraction of sp³-hybridized carbons (Fsp3) is 0.793. The van der Waals surface area contributed by atoms with Gasteiger partial charge in [-0.15, -0.1) is 0 Å². The first-order chi connectivity index (χ1) is 14.3. The Bertz CT molecular complexity index is 860. The Kier molecular flexibility index (Phi) is 5.31. The minimum Gasteiger partial charge on any atom is -0.300 e. The Morgan fingerprint density at radius 1 is 1.16 bits per heavy atom. The standard InChI is InChI=1S/C29H44O2/c1-9-20-17-27(6)22-13-15-28(7)21(18(2)16-19(3)30)12-14-29(28,8)23(22)10-11-24(27)26(4,5)25(20)31/h9-10,18,21-22,24H,11-17H2,1-8H3/b20-9+/t18-,21-,22-,24+,27-,28-,29+/m1/s1. The molecule has 0 spiro atoms. The van der Waals surface area contributed by atoms with Gasteiger partial charge >= 0.3 is 0 Å². The molecule has 3 fully saturated rings. The number of Topliss-reactive ketones (excluding diaryl/α,β-unsaturated/α-hetero) is 2. The van der Waals surface area contributed by atoms with Crippen molar-refractivity contribution in [3.63, 3.8) is 0 Å². The molecule has 172 valence electrons. The van der Waals surface area contributed by atoms with Gasteiger partial charge in [-0.2, -0.15) is 0 Å². The number of fused-ring (bicyclic) bond motifs is 5. The van der Waals surface area contributed by atoms with Crippen molar-refractivity contribution < 1.29 is 9.59 Å². The number of carbonyl (C=O) groups excluding carboxylic acids is 2. The normalized spacial score (nSPS) is 46.1. The lowest BCUT2D eigenvalue weighted by Gasteiger charge is -2.63. The van der Waals surface area contributed by atoms with Crippen LogP contribution in [0.3, 0.4) is 0 Å². The average molecular weight is 425 g/mol. The van der Waals surface area contributed by atoms with Crippen LogP contribution in [0.15, 0.2) is 23.3 Å².